The topological polar surface area (TPSA) is 53.1 Å². The van der Waals surface area contributed by atoms with E-state index in [1.54, 1.807) is 11.3 Å². The largest absolute Gasteiger partial charge is 0.379 e. The second-order valence-corrected chi connectivity index (χ2v) is 8.38. The number of rotatable bonds is 5. The molecular weight excluding hydrogens is 362 g/mol. The number of thiophene rings is 1. The lowest BCUT2D eigenvalue weighted by Crippen LogP contribution is -2.42. The Balaban J connectivity index is 1.27. The standard InChI is InChI=1S/C20H27N3O3S/c24-19-14-17(15-23(19)8-7-21-9-11-26-12-10-21)20(25)22-5-3-16(4-6-22)18-2-1-13-27-18/h1-3,13,17H,4-12,14-15H2. The summed E-state index contributed by atoms with van der Waals surface area (Å²) in [6.45, 7) is 6.95. The molecule has 1 atom stereocenters. The highest BCUT2D eigenvalue weighted by molar-refractivity contribution is 7.11. The molecule has 0 radical (unpaired) electrons. The van der Waals surface area contributed by atoms with Crippen LogP contribution in [0.4, 0.5) is 0 Å². The number of morpholine rings is 1. The van der Waals surface area contributed by atoms with Crippen molar-refractivity contribution < 1.29 is 14.3 Å². The molecule has 3 aliphatic heterocycles. The average molecular weight is 390 g/mol. The summed E-state index contributed by atoms with van der Waals surface area (Å²) >= 11 is 1.75. The van der Waals surface area contributed by atoms with Gasteiger partial charge in [-0.1, -0.05) is 12.1 Å². The summed E-state index contributed by atoms with van der Waals surface area (Å²) < 4.78 is 5.36. The summed E-state index contributed by atoms with van der Waals surface area (Å²) in [5.41, 5.74) is 1.34. The number of carbonyl (C=O) groups excluding carboxylic acids is 2. The fourth-order valence-electron chi connectivity index (χ4n) is 4.05. The lowest BCUT2D eigenvalue weighted by atomic mass is 10.0. The normalized spacial score (nSPS) is 24.4. The minimum Gasteiger partial charge on any atom is -0.379 e. The van der Waals surface area contributed by atoms with Crippen LogP contribution in [-0.2, 0) is 14.3 Å². The highest BCUT2D eigenvalue weighted by atomic mass is 32.1. The molecule has 27 heavy (non-hydrogen) atoms. The van der Waals surface area contributed by atoms with Crippen molar-refractivity contribution in [1.29, 1.82) is 0 Å². The molecular formula is C20H27N3O3S. The zero-order chi connectivity index (χ0) is 18.6. The summed E-state index contributed by atoms with van der Waals surface area (Å²) in [4.78, 5) is 32.7. The summed E-state index contributed by atoms with van der Waals surface area (Å²) in [6, 6.07) is 4.20. The molecule has 0 N–H and O–H groups in total. The Morgan fingerprint density at radius 1 is 1.22 bits per heavy atom. The first-order valence-corrected chi connectivity index (χ1v) is 10.7. The van der Waals surface area contributed by atoms with Crippen molar-refractivity contribution in [3.05, 3.63) is 28.5 Å². The molecule has 1 aromatic heterocycles. The van der Waals surface area contributed by atoms with Crippen molar-refractivity contribution >= 4 is 28.7 Å². The van der Waals surface area contributed by atoms with Gasteiger partial charge in [-0.15, -0.1) is 11.3 Å². The van der Waals surface area contributed by atoms with Gasteiger partial charge >= 0.3 is 0 Å². The Morgan fingerprint density at radius 2 is 2.07 bits per heavy atom. The smallest absolute Gasteiger partial charge is 0.228 e. The zero-order valence-electron chi connectivity index (χ0n) is 15.6. The predicted molar refractivity (Wildman–Crippen MR) is 105 cm³/mol. The van der Waals surface area contributed by atoms with Gasteiger partial charge in [-0.2, -0.15) is 0 Å². The first kappa shape index (κ1) is 18.7. The van der Waals surface area contributed by atoms with Crippen LogP contribution in [0.5, 0.6) is 0 Å². The van der Waals surface area contributed by atoms with Gasteiger partial charge in [0.05, 0.1) is 19.1 Å². The maximum Gasteiger partial charge on any atom is 0.228 e. The van der Waals surface area contributed by atoms with E-state index in [9.17, 15) is 9.59 Å². The second kappa shape index (κ2) is 8.54. The van der Waals surface area contributed by atoms with Crippen LogP contribution in [0.2, 0.25) is 0 Å². The third kappa shape index (κ3) is 4.42. The number of likely N-dealkylation sites (tertiary alicyclic amines) is 1. The minimum absolute atomic E-state index is 0.119. The first-order chi connectivity index (χ1) is 13.2. The Bertz CT molecular complexity index is 697. The van der Waals surface area contributed by atoms with Gasteiger partial charge in [0, 0.05) is 57.1 Å². The fourth-order valence-corrected chi connectivity index (χ4v) is 4.85. The number of carbonyl (C=O) groups is 2. The molecule has 0 bridgehead atoms. The average Bonchev–Trinajstić information content (AvgIpc) is 3.37. The molecule has 2 saturated heterocycles. The van der Waals surface area contributed by atoms with E-state index < -0.39 is 0 Å². The van der Waals surface area contributed by atoms with Crippen LogP contribution >= 0.6 is 11.3 Å². The van der Waals surface area contributed by atoms with E-state index in [0.717, 1.165) is 45.8 Å². The molecule has 146 valence electrons. The van der Waals surface area contributed by atoms with Gasteiger partial charge in [0.15, 0.2) is 0 Å². The third-order valence-electron chi connectivity index (χ3n) is 5.71. The molecule has 0 saturated carbocycles. The van der Waals surface area contributed by atoms with Gasteiger partial charge in [0.2, 0.25) is 11.8 Å². The van der Waals surface area contributed by atoms with Crippen molar-refractivity contribution in [3.8, 4) is 0 Å². The molecule has 4 heterocycles. The van der Waals surface area contributed by atoms with Crippen molar-refractivity contribution in [2.24, 2.45) is 5.92 Å². The maximum atomic E-state index is 12.9. The molecule has 7 heteroatoms. The van der Waals surface area contributed by atoms with E-state index in [1.807, 2.05) is 9.80 Å². The summed E-state index contributed by atoms with van der Waals surface area (Å²) in [6.07, 6.45) is 3.42. The molecule has 6 nitrogen and oxygen atoms in total. The van der Waals surface area contributed by atoms with Gasteiger partial charge in [-0.3, -0.25) is 14.5 Å². The van der Waals surface area contributed by atoms with Gasteiger partial charge in [-0.25, -0.2) is 0 Å². The molecule has 0 spiro atoms. The Hall–Kier alpha value is -1.70. The van der Waals surface area contributed by atoms with E-state index in [4.69, 9.17) is 4.74 Å². The van der Waals surface area contributed by atoms with Gasteiger partial charge in [-0.05, 0) is 23.4 Å². The lowest BCUT2D eigenvalue weighted by Gasteiger charge is -2.29. The third-order valence-corrected chi connectivity index (χ3v) is 6.66. The monoisotopic (exact) mass is 389 g/mol. The van der Waals surface area contributed by atoms with Gasteiger partial charge < -0.3 is 14.5 Å². The number of ether oxygens (including phenoxy) is 1. The van der Waals surface area contributed by atoms with Gasteiger partial charge in [0.1, 0.15) is 0 Å². The number of hydrogen-bond donors (Lipinski definition) is 0. The van der Waals surface area contributed by atoms with E-state index in [-0.39, 0.29) is 17.7 Å². The van der Waals surface area contributed by atoms with Crippen LogP contribution in [0.3, 0.4) is 0 Å². The number of hydrogen-bond acceptors (Lipinski definition) is 5. The molecule has 2 amide bonds. The van der Waals surface area contributed by atoms with Gasteiger partial charge in [0.25, 0.3) is 0 Å². The van der Waals surface area contributed by atoms with Crippen LogP contribution in [0.1, 0.15) is 17.7 Å². The zero-order valence-corrected chi connectivity index (χ0v) is 16.5. The summed E-state index contributed by atoms with van der Waals surface area (Å²) in [7, 11) is 0. The highest BCUT2D eigenvalue weighted by Crippen LogP contribution is 2.28. The quantitative estimate of drug-likeness (QED) is 0.767. The Morgan fingerprint density at radius 3 is 2.78 bits per heavy atom. The maximum absolute atomic E-state index is 12.9. The lowest BCUT2D eigenvalue weighted by molar-refractivity contribution is -0.135. The Labute approximate surface area is 164 Å². The molecule has 2 fully saturated rings. The second-order valence-electron chi connectivity index (χ2n) is 7.44. The number of amides is 2. The van der Waals surface area contributed by atoms with Crippen LogP contribution in [0.15, 0.2) is 23.6 Å². The van der Waals surface area contributed by atoms with E-state index in [0.29, 0.717) is 26.1 Å². The van der Waals surface area contributed by atoms with Crippen LogP contribution in [0.25, 0.3) is 5.57 Å². The predicted octanol–water partition coefficient (Wildman–Crippen LogP) is 1.54. The molecule has 4 rings (SSSR count). The van der Waals surface area contributed by atoms with Crippen molar-refractivity contribution in [2.75, 3.05) is 59.0 Å². The van der Waals surface area contributed by atoms with Crippen molar-refractivity contribution in [3.63, 3.8) is 0 Å². The van der Waals surface area contributed by atoms with Crippen molar-refractivity contribution in [2.45, 2.75) is 12.8 Å². The van der Waals surface area contributed by atoms with E-state index in [1.165, 1.54) is 10.5 Å². The highest BCUT2D eigenvalue weighted by Gasteiger charge is 2.36. The first-order valence-electron chi connectivity index (χ1n) is 9.80. The molecule has 0 aliphatic carbocycles. The van der Waals surface area contributed by atoms with Crippen LogP contribution in [0, 0.1) is 5.92 Å². The van der Waals surface area contributed by atoms with E-state index in [2.05, 4.69) is 28.5 Å². The SMILES string of the molecule is O=C1CC(C(=O)N2CC=C(c3cccs3)CC2)CN1CCN1CCOCC1. The molecule has 1 unspecified atom stereocenters. The van der Waals surface area contributed by atoms with Crippen LogP contribution < -0.4 is 0 Å². The van der Waals surface area contributed by atoms with Crippen molar-refractivity contribution in [1.82, 2.24) is 14.7 Å². The number of nitrogens with zero attached hydrogens (tertiary/aromatic N) is 3. The molecule has 0 aromatic carbocycles. The molecule has 1 aromatic rings. The van der Waals surface area contributed by atoms with Crippen LogP contribution in [-0.4, -0.2) is 85.5 Å². The fraction of sp³-hybridized carbons (Fsp3) is 0.600. The molecule has 3 aliphatic rings. The summed E-state index contributed by atoms with van der Waals surface area (Å²) in [5, 5.41) is 2.09. The summed E-state index contributed by atoms with van der Waals surface area (Å²) in [5.74, 6) is 0.0750. The minimum atomic E-state index is -0.182. The van der Waals surface area contributed by atoms with E-state index >= 15 is 0 Å². The Kier molecular flexibility index (Phi) is 5.90.